The van der Waals surface area contributed by atoms with Gasteiger partial charge in [-0.3, -0.25) is 4.79 Å². The smallest absolute Gasteiger partial charge is 0.252 e. The number of thiophene rings is 1. The number of amides is 1. The van der Waals surface area contributed by atoms with E-state index in [2.05, 4.69) is 5.32 Å². The van der Waals surface area contributed by atoms with Crippen LogP contribution in [0.5, 0.6) is 0 Å². The van der Waals surface area contributed by atoms with Gasteiger partial charge in [0.25, 0.3) is 5.91 Å². The molecule has 0 saturated carbocycles. The van der Waals surface area contributed by atoms with Crippen molar-refractivity contribution >= 4 is 17.2 Å². The topological polar surface area (TPSA) is 62.5 Å². The van der Waals surface area contributed by atoms with Gasteiger partial charge in [-0.15, -0.1) is 0 Å². The summed E-state index contributed by atoms with van der Waals surface area (Å²) in [6.45, 7) is 1.85. The summed E-state index contributed by atoms with van der Waals surface area (Å²) in [7, 11) is 0. The van der Waals surface area contributed by atoms with Gasteiger partial charge in [0.1, 0.15) is 5.76 Å². The second-order valence-electron chi connectivity index (χ2n) is 4.45. The van der Waals surface area contributed by atoms with Gasteiger partial charge in [-0.1, -0.05) is 0 Å². The first-order chi connectivity index (χ1) is 8.57. The van der Waals surface area contributed by atoms with E-state index in [0.29, 0.717) is 17.7 Å². The number of rotatable bonds is 5. The molecule has 0 spiro atoms. The van der Waals surface area contributed by atoms with Gasteiger partial charge >= 0.3 is 0 Å². The lowest BCUT2D eigenvalue weighted by molar-refractivity contribution is 0.0510. The lowest BCUT2D eigenvalue weighted by Crippen LogP contribution is -2.42. The highest BCUT2D eigenvalue weighted by atomic mass is 32.1. The van der Waals surface area contributed by atoms with Crippen LogP contribution in [-0.2, 0) is 6.42 Å². The van der Waals surface area contributed by atoms with Gasteiger partial charge in [-0.2, -0.15) is 11.3 Å². The molecule has 2 heterocycles. The van der Waals surface area contributed by atoms with Crippen LogP contribution in [0, 0.1) is 0 Å². The molecule has 5 heteroatoms. The van der Waals surface area contributed by atoms with Gasteiger partial charge in [0.15, 0.2) is 0 Å². The Kier molecular flexibility index (Phi) is 3.84. The predicted octanol–water partition coefficient (Wildman–Crippen LogP) is 2.06. The number of hydrogen-bond donors (Lipinski definition) is 2. The highest BCUT2D eigenvalue weighted by molar-refractivity contribution is 7.08. The SMILES string of the molecule is C[C@@](O)(CNC(=O)c1ccsc1)Cc1ccco1. The normalized spacial score (nSPS) is 14.1. The minimum Gasteiger partial charge on any atom is -0.469 e. The van der Waals surface area contributed by atoms with Crippen molar-refractivity contribution in [3.63, 3.8) is 0 Å². The number of nitrogens with one attached hydrogen (secondary N) is 1. The van der Waals surface area contributed by atoms with Crippen LogP contribution in [0.3, 0.4) is 0 Å². The van der Waals surface area contributed by atoms with Crippen LogP contribution in [0.25, 0.3) is 0 Å². The van der Waals surface area contributed by atoms with Gasteiger partial charge in [0, 0.05) is 23.9 Å². The minimum absolute atomic E-state index is 0.170. The van der Waals surface area contributed by atoms with E-state index in [0.717, 1.165) is 0 Å². The Balaban J connectivity index is 1.87. The molecule has 2 aromatic heterocycles. The zero-order chi connectivity index (χ0) is 13.0. The molecule has 2 rings (SSSR count). The first-order valence-corrected chi connectivity index (χ1v) is 6.56. The van der Waals surface area contributed by atoms with Crippen LogP contribution >= 0.6 is 11.3 Å². The summed E-state index contributed by atoms with van der Waals surface area (Å²) in [6.07, 6.45) is 1.93. The quantitative estimate of drug-likeness (QED) is 0.870. The van der Waals surface area contributed by atoms with Crippen molar-refractivity contribution in [3.8, 4) is 0 Å². The third-order valence-corrected chi connectivity index (χ3v) is 3.23. The number of carbonyl (C=O) groups is 1. The van der Waals surface area contributed by atoms with Crippen LogP contribution in [-0.4, -0.2) is 23.2 Å². The van der Waals surface area contributed by atoms with Crippen LogP contribution in [0.15, 0.2) is 39.6 Å². The molecule has 0 bridgehead atoms. The maximum Gasteiger partial charge on any atom is 0.252 e. The Morgan fingerprint density at radius 3 is 3.00 bits per heavy atom. The second-order valence-corrected chi connectivity index (χ2v) is 5.23. The Bertz CT molecular complexity index is 488. The molecule has 18 heavy (non-hydrogen) atoms. The third kappa shape index (κ3) is 3.45. The van der Waals surface area contributed by atoms with E-state index < -0.39 is 5.60 Å². The molecule has 1 amide bonds. The fourth-order valence-corrected chi connectivity index (χ4v) is 2.25. The van der Waals surface area contributed by atoms with E-state index in [1.165, 1.54) is 11.3 Å². The minimum atomic E-state index is -1.02. The molecule has 0 aliphatic heterocycles. The molecule has 0 unspecified atom stereocenters. The first kappa shape index (κ1) is 12.9. The average molecular weight is 265 g/mol. The van der Waals surface area contributed by atoms with E-state index >= 15 is 0 Å². The summed E-state index contributed by atoms with van der Waals surface area (Å²) in [4.78, 5) is 11.7. The molecule has 0 aliphatic rings. The molecule has 0 aromatic carbocycles. The van der Waals surface area contributed by atoms with E-state index in [1.807, 2.05) is 5.38 Å². The van der Waals surface area contributed by atoms with Crippen molar-refractivity contribution in [1.29, 1.82) is 0 Å². The fraction of sp³-hybridized carbons (Fsp3) is 0.308. The van der Waals surface area contributed by atoms with E-state index in [4.69, 9.17) is 4.42 Å². The Labute approximate surface area is 109 Å². The van der Waals surface area contributed by atoms with Crippen molar-refractivity contribution in [1.82, 2.24) is 5.32 Å². The third-order valence-electron chi connectivity index (χ3n) is 2.55. The van der Waals surface area contributed by atoms with Crippen LogP contribution in [0.1, 0.15) is 23.0 Å². The molecule has 0 saturated heterocycles. The maximum absolute atomic E-state index is 11.7. The summed E-state index contributed by atoms with van der Waals surface area (Å²) < 4.78 is 5.18. The van der Waals surface area contributed by atoms with Crippen LogP contribution in [0.4, 0.5) is 0 Å². The second kappa shape index (κ2) is 5.37. The van der Waals surface area contributed by atoms with E-state index in [9.17, 15) is 9.90 Å². The molecule has 2 N–H and O–H groups in total. The van der Waals surface area contributed by atoms with Crippen molar-refractivity contribution in [2.75, 3.05) is 6.54 Å². The Morgan fingerprint density at radius 2 is 2.39 bits per heavy atom. The monoisotopic (exact) mass is 265 g/mol. The van der Waals surface area contributed by atoms with Gasteiger partial charge in [-0.25, -0.2) is 0 Å². The van der Waals surface area contributed by atoms with E-state index in [-0.39, 0.29) is 12.5 Å². The highest BCUT2D eigenvalue weighted by Crippen LogP contribution is 2.13. The van der Waals surface area contributed by atoms with Crippen molar-refractivity contribution < 1.29 is 14.3 Å². The van der Waals surface area contributed by atoms with Gasteiger partial charge in [0.2, 0.25) is 0 Å². The molecule has 1 atom stereocenters. The van der Waals surface area contributed by atoms with Gasteiger partial charge < -0.3 is 14.8 Å². The summed E-state index contributed by atoms with van der Waals surface area (Å²) in [6, 6.07) is 5.33. The Morgan fingerprint density at radius 1 is 1.56 bits per heavy atom. The maximum atomic E-state index is 11.7. The molecule has 4 nitrogen and oxygen atoms in total. The number of carbonyl (C=O) groups excluding carboxylic acids is 1. The summed E-state index contributed by atoms with van der Waals surface area (Å²) in [5.74, 6) is 0.528. The molecule has 0 fully saturated rings. The van der Waals surface area contributed by atoms with Crippen LogP contribution in [0.2, 0.25) is 0 Å². The molecule has 0 aliphatic carbocycles. The number of aliphatic hydroxyl groups is 1. The Hall–Kier alpha value is -1.59. The zero-order valence-corrected chi connectivity index (χ0v) is 10.9. The summed E-state index contributed by atoms with van der Waals surface area (Å²) in [5, 5.41) is 16.5. The number of furan rings is 1. The molecule has 2 aromatic rings. The van der Waals surface area contributed by atoms with Crippen LogP contribution < -0.4 is 5.32 Å². The lowest BCUT2D eigenvalue weighted by Gasteiger charge is -2.22. The summed E-state index contributed by atoms with van der Waals surface area (Å²) in [5.41, 5.74) is -0.405. The average Bonchev–Trinajstić information content (AvgIpc) is 2.97. The largest absolute Gasteiger partial charge is 0.469 e. The molecule has 0 radical (unpaired) electrons. The van der Waals surface area contributed by atoms with E-state index in [1.54, 1.807) is 36.8 Å². The predicted molar refractivity (Wildman–Crippen MR) is 69.7 cm³/mol. The standard InChI is InChI=1S/C13H15NO3S/c1-13(16,7-11-3-2-5-17-11)9-14-12(15)10-4-6-18-8-10/h2-6,8,16H,7,9H2,1H3,(H,14,15)/t13-/m0/s1. The van der Waals surface area contributed by atoms with Gasteiger partial charge in [0.05, 0.1) is 11.9 Å². The van der Waals surface area contributed by atoms with Crippen molar-refractivity contribution in [2.45, 2.75) is 18.9 Å². The van der Waals surface area contributed by atoms with Crippen molar-refractivity contribution in [2.24, 2.45) is 0 Å². The fourth-order valence-electron chi connectivity index (χ4n) is 1.62. The van der Waals surface area contributed by atoms with Gasteiger partial charge in [-0.05, 0) is 30.5 Å². The molecule has 96 valence electrons. The molecular weight excluding hydrogens is 250 g/mol. The zero-order valence-electron chi connectivity index (χ0n) is 10.1. The molecular formula is C13H15NO3S. The number of hydrogen-bond acceptors (Lipinski definition) is 4. The highest BCUT2D eigenvalue weighted by Gasteiger charge is 2.23. The first-order valence-electron chi connectivity index (χ1n) is 5.62. The summed E-state index contributed by atoms with van der Waals surface area (Å²) >= 11 is 1.47. The lowest BCUT2D eigenvalue weighted by atomic mass is 10.0. The van der Waals surface area contributed by atoms with Crippen molar-refractivity contribution in [3.05, 3.63) is 46.5 Å².